The van der Waals surface area contributed by atoms with E-state index in [1.165, 1.54) is 9.79 Å². The third-order valence-electron chi connectivity index (χ3n) is 2.53. The van der Waals surface area contributed by atoms with Crippen LogP contribution in [0, 0.1) is 0 Å². The van der Waals surface area contributed by atoms with E-state index in [1.807, 2.05) is 72.1 Å². The summed E-state index contributed by atoms with van der Waals surface area (Å²) in [7, 11) is 2.12. The Bertz CT molecular complexity index is 479. The van der Waals surface area contributed by atoms with Crippen molar-refractivity contribution in [1.29, 1.82) is 0 Å². The predicted octanol–water partition coefficient (Wildman–Crippen LogP) is 5.72. The molecule has 0 fully saturated rings. The fraction of sp³-hybridized carbons (Fsp3) is 0.200. The highest BCUT2D eigenvalue weighted by Crippen LogP contribution is 2.24. The molecule has 0 radical (unpaired) electrons. The van der Waals surface area contributed by atoms with E-state index in [4.69, 9.17) is 23.2 Å². The molecule has 20 heavy (non-hydrogen) atoms. The van der Waals surface area contributed by atoms with Crippen molar-refractivity contribution < 1.29 is 0 Å². The summed E-state index contributed by atoms with van der Waals surface area (Å²) in [6, 6.07) is 15.9. The van der Waals surface area contributed by atoms with Crippen LogP contribution in [-0.2, 0) is 0 Å². The van der Waals surface area contributed by atoms with E-state index in [9.17, 15) is 0 Å². The zero-order valence-electron chi connectivity index (χ0n) is 11.1. The van der Waals surface area contributed by atoms with Gasteiger partial charge in [0, 0.05) is 31.6 Å². The number of rotatable bonds is 6. The Kier molecular flexibility index (Phi) is 6.59. The molecule has 106 valence electrons. The Morgan fingerprint density at radius 3 is 1.45 bits per heavy atom. The summed E-state index contributed by atoms with van der Waals surface area (Å²) in [6.45, 7) is 0. The van der Waals surface area contributed by atoms with Gasteiger partial charge >= 0.3 is 0 Å². The molecule has 0 amide bonds. The largest absolute Gasteiger partial charge is 0.287 e. The van der Waals surface area contributed by atoms with Gasteiger partial charge < -0.3 is 0 Å². The van der Waals surface area contributed by atoms with Gasteiger partial charge in [0.1, 0.15) is 0 Å². The molecule has 0 saturated heterocycles. The van der Waals surface area contributed by atoms with Gasteiger partial charge in [-0.3, -0.25) is 4.90 Å². The van der Waals surface area contributed by atoms with Gasteiger partial charge in [-0.05, 0) is 55.6 Å². The fourth-order valence-corrected chi connectivity index (χ4v) is 3.41. The zero-order valence-corrected chi connectivity index (χ0v) is 14.2. The van der Waals surface area contributed by atoms with Gasteiger partial charge in [0.25, 0.3) is 0 Å². The Hall–Kier alpha value is -0.320. The van der Waals surface area contributed by atoms with Crippen molar-refractivity contribution in [2.75, 3.05) is 18.8 Å². The molecule has 2 rings (SSSR count). The third kappa shape index (κ3) is 5.58. The van der Waals surface area contributed by atoms with E-state index in [1.54, 1.807) is 0 Å². The second-order valence-corrected chi connectivity index (χ2v) is 7.22. The van der Waals surface area contributed by atoms with Crippen molar-refractivity contribution in [3.63, 3.8) is 0 Å². The van der Waals surface area contributed by atoms with E-state index in [0.29, 0.717) is 0 Å². The van der Waals surface area contributed by atoms with Gasteiger partial charge in [0.2, 0.25) is 0 Å². The highest BCUT2D eigenvalue weighted by molar-refractivity contribution is 8.00. The number of benzene rings is 2. The van der Waals surface area contributed by atoms with Crippen LogP contribution in [0.4, 0.5) is 0 Å². The fourth-order valence-electron chi connectivity index (χ4n) is 1.47. The highest BCUT2D eigenvalue weighted by atomic mass is 35.5. The van der Waals surface area contributed by atoms with Crippen molar-refractivity contribution in [2.24, 2.45) is 0 Å². The Morgan fingerprint density at radius 1 is 0.750 bits per heavy atom. The number of halogens is 2. The molecule has 0 heterocycles. The quantitative estimate of drug-likeness (QED) is 0.487. The molecule has 1 nitrogen and oxygen atoms in total. The molecular weight excluding hydrogens is 329 g/mol. The maximum absolute atomic E-state index is 5.87. The van der Waals surface area contributed by atoms with Crippen LogP contribution in [-0.4, -0.2) is 23.7 Å². The van der Waals surface area contributed by atoms with Crippen LogP contribution in [0.2, 0.25) is 10.0 Å². The summed E-state index contributed by atoms with van der Waals surface area (Å²) in [5.74, 6) is 1.89. The molecule has 0 saturated carbocycles. The molecule has 0 unspecified atom stereocenters. The lowest BCUT2D eigenvalue weighted by molar-refractivity contribution is 0.466. The molecule has 0 atom stereocenters. The topological polar surface area (TPSA) is 3.24 Å². The minimum absolute atomic E-state index is 0.779. The van der Waals surface area contributed by atoms with Crippen LogP contribution in [0.1, 0.15) is 0 Å². The van der Waals surface area contributed by atoms with Gasteiger partial charge in [-0.1, -0.05) is 23.2 Å². The Morgan fingerprint density at radius 2 is 1.10 bits per heavy atom. The minimum Gasteiger partial charge on any atom is -0.287 e. The van der Waals surface area contributed by atoms with E-state index in [0.717, 1.165) is 21.8 Å². The van der Waals surface area contributed by atoms with Crippen LogP contribution in [0.15, 0.2) is 58.3 Å². The Labute approximate surface area is 138 Å². The third-order valence-corrected chi connectivity index (χ3v) is 5.39. The average Bonchev–Trinajstić information content (AvgIpc) is 2.46. The van der Waals surface area contributed by atoms with E-state index >= 15 is 0 Å². The summed E-state index contributed by atoms with van der Waals surface area (Å²) in [4.78, 5) is 4.74. The minimum atomic E-state index is 0.779. The molecule has 0 spiro atoms. The number of thioether (sulfide) groups is 2. The normalized spacial score (nSPS) is 11.0. The molecule has 0 aliphatic heterocycles. The smallest absolute Gasteiger partial charge is 0.0496 e. The second kappa shape index (κ2) is 8.20. The summed E-state index contributed by atoms with van der Waals surface area (Å²) >= 11 is 15.4. The lowest BCUT2D eigenvalue weighted by Gasteiger charge is -2.15. The summed E-state index contributed by atoms with van der Waals surface area (Å²) in [5.41, 5.74) is 0. The molecule has 2 aromatic rings. The lowest BCUT2D eigenvalue weighted by atomic mass is 10.4. The average molecular weight is 344 g/mol. The first-order chi connectivity index (χ1) is 9.63. The maximum Gasteiger partial charge on any atom is 0.0496 e. The summed E-state index contributed by atoms with van der Waals surface area (Å²) < 4.78 is 0. The van der Waals surface area contributed by atoms with Crippen molar-refractivity contribution in [1.82, 2.24) is 4.90 Å². The molecule has 2 aromatic carbocycles. The lowest BCUT2D eigenvalue weighted by Crippen LogP contribution is -2.16. The molecule has 0 aliphatic rings. The van der Waals surface area contributed by atoms with Gasteiger partial charge in [-0.2, -0.15) is 0 Å². The van der Waals surface area contributed by atoms with Gasteiger partial charge in [-0.15, -0.1) is 23.5 Å². The van der Waals surface area contributed by atoms with Crippen LogP contribution in [0.5, 0.6) is 0 Å². The molecular formula is C15H15Cl2NS2. The Balaban J connectivity index is 1.73. The van der Waals surface area contributed by atoms with Crippen molar-refractivity contribution >= 4 is 46.7 Å². The molecule has 5 heteroatoms. The number of hydrogen-bond acceptors (Lipinski definition) is 3. The summed E-state index contributed by atoms with van der Waals surface area (Å²) in [5, 5.41) is 1.56. The van der Waals surface area contributed by atoms with Crippen molar-refractivity contribution in [3.8, 4) is 0 Å². The molecule has 0 aliphatic carbocycles. The number of nitrogens with zero attached hydrogens (tertiary/aromatic N) is 1. The van der Waals surface area contributed by atoms with Crippen molar-refractivity contribution in [3.05, 3.63) is 58.6 Å². The van der Waals surface area contributed by atoms with Crippen LogP contribution < -0.4 is 0 Å². The zero-order chi connectivity index (χ0) is 14.4. The first kappa shape index (κ1) is 16.1. The maximum atomic E-state index is 5.87. The van der Waals surface area contributed by atoms with Crippen LogP contribution in [0.3, 0.4) is 0 Å². The first-order valence-corrected chi connectivity index (χ1v) is 8.81. The molecule has 0 bridgehead atoms. The van der Waals surface area contributed by atoms with Crippen LogP contribution >= 0.6 is 46.7 Å². The monoisotopic (exact) mass is 343 g/mol. The number of hydrogen-bond donors (Lipinski definition) is 0. The highest BCUT2D eigenvalue weighted by Gasteiger charge is 2.02. The molecule has 0 N–H and O–H groups in total. The van der Waals surface area contributed by atoms with Gasteiger partial charge in [0.15, 0.2) is 0 Å². The standard InChI is InChI=1S/C15H15Cl2NS2/c1-18(10-19-14-6-2-12(16)3-7-14)11-20-15-8-4-13(17)5-9-15/h2-9H,10-11H2,1H3. The van der Waals surface area contributed by atoms with Crippen molar-refractivity contribution in [2.45, 2.75) is 9.79 Å². The van der Waals surface area contributed by atoms with Gasteiger partial charge in [-0.25, -0.2) is 0 Å². The van der Waals surface area contributed by atoms with E-state index in [2.05, 4.69) is 11.9 Å². The van der Waals surface area contributed by atoms with E-state index in [-0.39, 0.29) is 0 Å². The second-order valence-electron chi connectivity index (χ2n) is 4.31. The van der Waals surface area contributed by atoms with Crippen LogP contribution in [0.25, 0.3) is 0 Å². The van der Waals surface area contributed by atoms with Gasteiger partial charge in [0.05, 0.1) is 0 Å². The SMILES string of the molecule is CN(CSc1ccc(Cl)cc1)CSc1ccc(Cl)cc1. The summed E-state index contributed by atoms with van der Waals surface area (Å²) in [6.07, 6.45) is 0. The van der Waals surface area contributed by atoms with E-state index < -0.39 is 0 Å². The predicted molar refractivity (Wildman–Crippen MR) is 92.1 cm³/mol. The molecule has 0 aromatic heterocycles. The first-order valence-electron chi connectivity index (χ1n) is 6.09.